The van der Waals surface area contributed by atoms with Gasteiger partial charge in [0.05, 0.1) is 0 Å². The molecule has 3 nitrogen and oxygen atoms in total. The van der Waals surface area contributed by atoms with Gasteiger partial charge in [-0.3, -0.25) is 4.79 Å². The molecule has 1 saturated carbocycles. The maximum atomic E-state index is 11.8. The van der Waals surface area contributed by atoms with Crippen LogP contribution >= 0.6 is 0 Å². The van der Waals surface area contributed by atoms with Crippen molar-refractivity contribution in [2.45, 2.75) is 31.7 Å². The molecule has 0 heterocycles. The molecule has 17 heavy (non-hydrogen) atoms. The van der Waals surface area contributed by atoms with Crippen LogP contribution in [0.25, 0.3) is 0 Å². The second-order valence-corrected chi connectivity index (χ2v) is 4.76. The predicted octanol–water partition coefficient (Wildman–Crippen LogP) is 1.99. The molecule has 0 radical (unpaired) electrons. The van der Waals surface area contributed by atoms with E-state index in [1.165, 1.54) is 19.3 Å². The lowest BCUT2D eigenvalue weighted by atomic mass is 10.1. The van der Waals surface area contributed by atoms with Gasteiger partial charge in [0.1, 0.15) is 6.04 Å². The molecule has 0 saturated heterocycles. The van der Waals surface area contributed by atoms with E-state index >= 15 is 0 Å². The van der Waals surface area contributed by atoms with Crippen molar-refractivity contribution in [1.29, 1.82) is 0 Å². The Bertz CT molecular complexity index is 360. The summed E-state index contributed by atoms with van der Waals surface area (Å²) in [5, 5.41) is 2.90. The Morgan fingerprint density at radius 1 is 1.35 bits per heavy atom. The van der Waals surface area contributed by atoms with Gasteiger partial charge in [0, 0.05) is 6.54 Å². The van der Waals surface area contributed by atoms with E-state index in [2.05, 4.69) is 5.32 Å². The Labute approximate surface area is 102 Å². The van der Waals surface area contributed by atoms with E-state index in [1.54, 1.807) is 0 Å². The topological polar surface area (TPSA) is 55.1 Å². The lowest BCUT2D eigenvalue weighted by Crippen LogP contribution is -2.34. The van der Waals surface area contributed by atoms with E-state index in [4.69, 9.17) is 5.73 Å². The van der Waals surface area contributed by atoms with Crippen LogP contribution in [0.5, 0.6) is 0 Å². The number of benzene rings is 1. The van der Waals surface area contributed by atoms with Crippen LogP contribution in [0, 0.1) is 5.92 Å². The highest BCUT2D eigenvalue weighted by Gasteiger charge is 2.20. The molecule has 1 aliphatic carbocycles. The Hall–Kier alpha value is -1.35. The molecule has 3 heteroatoms. The first-order chi connectivity index (χ1) is 8.27. The fourth-order valence-corrected chi connectivity index (χ4v) is 1.93. The molecular weight excluding hydrogens is 212 g/mol. The molecule has 0 spiro atoms. The van der Waals surface area contributed by atoms with Crippen LogP contribution in [-0.2, 0) is 4.79 Å². The van der Waals surface area contributed by atoms with Crippen molar-refractivity contribution in [3.05, 3.63) is 35.9 Å². The summed E-state index contributed by atoms with van der Waals surface area (Å²) in [6.07, 6.45) is 5.05. The maximum Gasteiger partial charge on any atom is 0.241 e. The number of nitrogens with one attached hydrogen (secondary N) is 1. The van der Waals surface area contributed by atoms with E-state index in [0.29, 0.717) is 0 Å². The fraction of sp³-hybridized carbons (Fsp3) is 0.500. The average molecular weight is 232 g/mol. The molecule has 2 rings (SSSR count). The van der Waals surface area contributed by atoms with Gasteiger partial charge in [-0.2, -0.15) is 0 Å². The second kappa shape index (κ2) is 5.82. The van der Waals surface area contributed by atoms with Crippen LogP contribution in [-0.4, -0.2) is 12.5 Å². The summed E-state index contributed by atoms with van der Waals surface area (Å²) in [7, 11) is 0. The summed E-state index contributed by atoms with van der Waals surface area (Å²) < 4.78 is 0. The third-order valence-electron chi connectivity index (χ3n) is 3.23. The van der Waals surface area contributed by atoms with Crippen molar-refractivity contribution in [2.75, 3.05) is 6.54 Å². The molecule has 92 valence electrons. The van der Waals surface area contributed by atoms with Gasteiger partial charge < -0.3 is 11.1 Å². The van der Waals surface area contributed by atoms with Gasteiger partial charge in [0.2, 0.25) is 5.91 Å². The zero-order valence-electron chi connectivity index (χ0n) is 10.1. The lowest BCUT2D eigenvalue weighted by molar-refractivity contribution is -0.122. The fourth-order valence-electron chi connectivity index (χ4n) is 1.93. The largest absolute Gasteiger partial charge is 0.354 e. The molecule has 1 atom stereocenters. The van der Waals surface area contributed by atoms with Crippen molar-refractivity contribution in [3.8, 4) is 0 Å². The summed E-state index contributed by atoms with van der Waals surface area (Å²) in [6.45, 7) is 0.746. The maximum absolute atomic E-state index is 11.8. The van der Waals surface area contributed by atoms with Crippen molar-refractivity contribution in [3.63, 3.8) is 0 Å². The number of rotatable bonds is 6. The highest BCUT2D eigenvalue weighted by Crippen LogP contribution is 2.33. The summed E-state index contributed by atoms with van der Waals surface area (Å²) in [6, 6.07) is 8.94. The summed E-state index contributed by atoms with van der Waals surface area (Å²) >= 11 is 0. The van der Waals surface area contributed by atoms with Gasteiger partial charge in [-0.15, -0.1) is 0 Å². The first-order valence-corrected chi connectivity index (χ1v) is 6.35. The summed E-state index contributed by atoms with van der Waals surface area (Å²) in [5.41, 5.74) is 6.75. The van der Waals surface area contributed by atoms with Gasteiger partial charge in [0.25, 0.3) is 0 Å². The van der Waals surface area contributed by atoms with Gasteiger partial charge in [-0.25, -0.2) is 0 Å². The van der Waals surface area contributed by atoms with E-state index in [9.17, 15) is 4.79 Å². The van der Waals surface area contributed by atoms with E-state index in [-0.39, 0.29) is 5.91 Å². The molecule has 1 amide bonds. The zero-order valence-corrected chi connectivity index (χ0v) is 10.1. The zero-order chi connectivity index (χ0) is 12.1. The first kappa shape index (κ1) is 12.1. The molecular formula is C14H20N2O. The number of carbonyl (C=O) groups excluding carboxylic acids is 1. The summed E-state index contributed by atoms with van der Waals surface area (Å²) in [4.78, 5) is 11.8. The van der Waals surface area contributed by atoms with Gasteiger partial charge in [0.15, 0.2) is 0 Å². The monoisotopic (exact) mass is 232 g/mol. The average Bonchev–Trinajstić information content (AvgIpc) is 3.18. The number of hydrogen-bond acceptors (Lipinski definition) is 2. The summed E-state index contributed by atoms with van der Waals surface area (Å²) in [5.74, 6) is 0.849. The minimum atomic E-state index is -0.544. The van der Waals surface area contributed by atoms with Crippen molar-refractivity contribution in [2.24, 2.45) is 11.7 Å². The third kappa shape index (κ3) is 3.86. The van der Waals surface area contributed by atoms with Crippen LogP contribution in [0.15, 0.2) is 30.3 Å². The highest BCUT2D eigenvalue weighted by atomic mass is 16.2. The molecule has 0 bridgehead atoms. The Morgan fingerprint density at radius 2 is 2.06 bits per heavy atom. The number of carbonyl (C=O) groups is 1. The normalized spacial score (nSPS) is 16.5. The van der Waals surface area contributed by atoms with Crippen LogP contribution in [0.2, 0.25) is 0 Å². The molecule has 0 aliphatic heterocycles. The quantitative estimate of drug-likeness (QED) is 0.737. The van der Waals surface area contributed by atoms with Crippen LogP contribution in [0.3, 0.4) is 0 Å². The van der Waals surface area contributed by atoms with Crippen LogP contribution in [0.4, 0.5) is 0 Å². The second-order valence-electron chi connectivity index (χ2n) is 4.76. The van der Waals surface area contributed by atoms with Gasteiger partial charge in [-0.1, -0.05) is 43.2 Å². The highest BCUT2D eigenvalue weighted by molar-refractivity contribution is 5.82. The number of hydrogen-bond donors (Lipinski definition) is 2. The predicted molar refractivity (Wildman–Crippen MR) is 68.3 cm³/mol. The molecule has 1 aliphatic rings. The number of amides is 1. The third-order valence-corrected chi connectivity index (χ3v) is 3.23. The minimum Gasteiger partial charge on any atom is -0.354 e. The van der Waals surface area contributed by atoms with Crippen molar-refractivity contribution < 1.29 is 4.79 Å². The van der Waals surface area contributed by atoms with Crippen molar-refractivity contribution in [1.82, 2.24) is 5.32 Å². The van der Waals surface area contributed by atoms with Gasteiger partial charge in [-0.05, 0) is 24.3 Å². The Balaban J connectivity index is 1.71. The number of nitrogens with two attached hydrogens (primary N) is 1. The standard InChI is InChI=1S/C14H20N2O/c15-13(12-6-2-1-3-7-12)14(17)16-10-4-5-11-8-9-11/h1-3,6-7,11,13H,4-5,8-10,15H2,(H,16,17)/t13-/m0/s1. The molecule has 1 aromatic carbocycles. The smallest absolute Gasteiger partial charge is 0.241 e. The van der Waals surface area contributed by atoms with Crippen molar-refractivity contribution >= 4 is 5.91 Å². The molecule has 0 aromatic heterocycles. The Morgan fingerprint density at radius 3 is 2.71 bits per heavy atom. The van der Waals surface area contributed by atoms with Crippen LogP contribution in [0.1, 0.15) is 37.3 Å². The lowest BCUT2D eigenvalue weighted by Gasteiger charge is -2.12. The van der Waals surface area contributed by atoms with E-state index in [0.717, 1.165) is 24.4 Å². The molecule has 1 aromatic rings. The van der Waals surface area contributed by atoms with Crippen LogP contribution < -0.4 is 11.1 Å². The minimum absolute atomic E-state index is 0.0769. The first-order valence-electron chi connectivity index (χ1n) is 6.35. The molecule has 0 unspecified atom stereocenters. The van der Waals surface area contributed by atoms with Gasteiger partial charge >= 0.3 is 0 Å². The van der Waals surface area contributed by atoms with E-state index in [1.807, 2.05) is 30.3 Å². The SMILES string of the molecule is N[C@H](C(=O)NCCCC1CC1)c1ccccc1. The van der Waals surface area contributed by atoms with E-state index < -0.39 is 6.04 Å². The molecule has 1 fully saturated rings. The Kier molecular flexibility index (Phi) is 4.15. The molecule has 3 N–H and O–H groups in total.